The van der Waals surface area contributed by atoms with Gasteiger partial charge in [-0.25, -0.2) is 9.59 Å². The molecule has 5 heteroatoms. The summed E-state index contributed by atoms with van der Waals surface area (Å²) in [6.45, 7) is 0. The third-order valence-corrected chi connectivity index (χ3v) is 4.23. The van der Waals surface area contributed by atoms with Gasteiger partial charge in [0.25, 0.3) is 0 Å². The molecule has 3 rings (SSSR count). The zero-order valence-corrected chi connectivity index (χ0v) is 13.8. The standard InChI is InChI=1S/C21H16O5/c22-19-10-9-17(11-13-1-5-15(6-2-13)20(23)24)18(19)12-14-3-7-16(8-4-14)21(25)26/h1-8,11-12H,9-10H2,(H,23,24)(H,25,26). The maximum Gasteiger partial charge on any atom is 0.335 e. The van der Waals surface area contributed by atoms with Crippen LogP contribution in [0.25, 0.3) is 12.2 Å². The van der Waals surface area contributed by atoms with Crippen LogP contribution in [0.2, 0.25) is 0 Å². The molecule has 0 atom stereocenters. The second kappa shape index (κ2) is 7.19. The topological polar surface area (TPSA) is 91.7 Å². The van der Waals surface area contributed by atoms with Crippen molar-refractivity contribution in [2.75, 3.05) is 0 Å². The smallest absolute Gasteiger partial charge is 0.335 e. The third kappa shape index (κ3) is 3.78. The molecule has 26 heavy (non-hydrogen) atoms. The van der Waals surface area contributed by atoms with E-state index in [0.717, 1.165) is 16.7 Å². The van der Waals surface area contributed by atoms with Gasteiger partial charge in [-0.05, 0) is 53.5 Å². The van der Waals surface area contributed by atoms with Crippen LogP contribution in [-0.4, -0.2) is 27.9 Å². The van der Waals surface area contributed by atoms with Gasteiger partial charge in [0.2, 0.25) is 0 Å². The van der Waals surface area contributed by atoms with Crippen molar-refractivity contribution in [2.24, 2.45) is 0 Å². The Hall–Kier alpha value is -3.47. The summed E-state index contributed by atoms with van der Waals surface area (Å²) in [6.07, 6.45) is 4.70. The first-order chi connectivity index (χ1) is 12.4. The first-order valence-electron chi connectivity index (χ1n) is 8.06. The van der Waals surface area contributed by atoms with Gasteiger partial charge in [0.1, 0.15) is 0 Å². The van der Waals surface area contributed by atoms with Crippen LogP contribution in [0.1, 0.15) is 44.7 Å². The molecule has 2 N–H and O–H groups in total. The number of carboxylic acids is 2. The predicted molar refractivity (Wildman–Crippen MR) is 97.0 cm³/mol. The molecule has 1 saturated carbocycles. The number of rotatable bonds is 4. The largest absolute Gasteiger partial charge is 0.478 e. The van der Waals surface area contributed by atoms with E-state index in [9.17, 15) is 14.4 Å². The van der Waals surface area contributed by atoms with Gasteiger partial charge in [0, 0.05) is 12.0 Å². The van der Waals surface area contributed by atoms with E-state index in [2.05, 4.69) is 0 Å². The van der Waals surface area contributed by atoms with Gasteiger partial charge in [-0.2, -0.15) is 0 Å². The van der Waals surface area contributed by atoms with Crippen molar-refractivity contribution >= 4 is 29.9 Å². The van der Waals surface area contributed by atoms with Crippen LogP contribution in [0, 0.1) is 0 Å². The van der Waals surface area contributed by atoms with Crippen LogP contribution >= 0.6 is 0 Å². The van der Waals surface area contributed by atoms with Gasteiger partial charge >= 0.3 is 11.9 Å². The van der Waals surface area contributed by atoms with Crippen LogP contribution in [0.15, 0.2) is 59.7 Å². The summed E-state index contributed by atoms with van der Waals surface area (Å²) in [5, 5.41) is 17.9. The number of allylic oxidation sites excluding steroid dienone is 2. The summed E-state index contributed by atoms with van der Waals surface area (Å²) in [4.78, 5) is 34.0. The Morgan fingerprint density at radius 2 is 1.19 bits per heavy atom. The zero-order valence-electron chi connectivity index (χ0n) is 13.8. The van der Waals surface area contributed by atoms with E-state index in [0.29, 0.717) is 18.4 Å². The molecule has 0 spiro atoms. The average Bonchev–Trinajstić information content (AvgIpc) is 2.96. The highest BCUT2D eigenvalue weighted by molar-refractivity contribution is 6.08. The van der Waals surface area contributed by atoms with Crippen LogP contribution in [0.4, 0.5) is 0 Å². The van der Waals surface area contributed by atoms with Gasteiger partial charge in [0.05, 0.1) is 11.1 Å². The van der Waals surface area contributed by atoms with Crippen molar-refractivity contribution in [3.05, 3.63) is 81.9 Å². The van der Waals surface area contributed by atoms with Gasteiger partial charge < -0.3 is 10.2 Å². The van der Waals surface area contributed by atoms with Gasteiger partial charge in [-0.3, -0.25) is 4.79 Å². The SMILES string of the molecule is O=C1CCC(=Cc2ccc(C(=O)O)cc2)C1=Cc1ccc(C(=O)O)cc1. The minimum absolute atomic E-state index is 0.0423. The van der Waals surface area contributed by atoms with E-state index < -0.39 is 11.9 Å². The molecule has 5 nitrogen and oxygen atoms in total. The molecule has 1 fully saturated rings. The lowest BCUT2D eigenvalue weighted by Gasteiger charge is -2.03. The molecule has 0 radical (unpaired) electrons. The molecule has 2 aromatic carbocycles. The minimum Gasteiger partial charge on any atom is -0.478 e. The Labute approximate surface area is 149 Å². The van der Waals surface area contributed by atoms with Gasteiger partial charge in [0.15, 0.2) is 5.78 Å². The molecule has 0 bridgehead atoms. The lowest BCUT2D eigenvalue weighted by atomic mass is 10.0. The predicted octanol–water partition coefficient (Wildman–Crippen LogP) is 3.91. The maximum atomic E-state index is 12.2. The lowest BCUT2D eigenvalue weighted by Crippen LogP contribution is -1.96. The number of ketones is 1. The molecule has 0 amide bonds. The number of carbonyl (C=O) groups excluding carboxylic acids is 1. The van der Waals surface area contributed by atoms with Crippen LogP contribution in [0.5, 0.6) is 0 Å². The van der Waals surface area contributed by atoms with E-state index in [1.807, 2.05) is 6.08 Å². The average molecular weight is 348 g/mol. The first kappa shape index (κ1) is 17.4. The maximum absolute atomic E-state index is 12.2. The third-order valence-electron chi connectivity index (χ3n) is 4.23. The number of carbonyl (C=O) groups is 3. The van der Waals surface area contributed by atoms with Crippen molar-refractivity contribution in [2.45, 2.75) is 12.8 Å². The Bertz CT molecular complexity index is 931. The molecular formula is C21H16O5. The molecule has 2 aromatic rings. The summed E-state index contributed by atoms with van der Waals surface area (Å²) in [6, 6.07) is 12.8. The van der Waals surface area contributed by atoms with Crippen LogP contribution in [0.3, 0.4) is 0 Å². The molecule has 0 heterocycles. The number of hydrogen-bond acceptors (Lipinski definition) is 3. The van der Waals surface area contributed by atoms with Crippen molar-refractivity contribution in [3.63, 3.8) is 0 Å². The van der Waals surface area contributed by atoms with E-state index in [1.165, 1.54) is 24.3 Å². The first-order valence-corrected chi connectivity index (χ1v) is 8.06. The molecule has 0 aliphatic heterocycles. The second-order valence-corrected chi connectivity index (χ2v) is 6.01. The fourth-order valence-electron chi connectivity index (χ4n) is 2.83. The van der Waals surface area contributed by atoms with E-state index in [-0.39, 0.29) is 16.9 Å². The molecule has 1 aliphatic carbocycles. The second-order valence-electron chi connectivity index (χ2n) is 6.01. The Balaban J connectivity index is 1.90. The zero-order chi connectivity index (χ0) is 18.7. The van der Waals surface area contributed by atoms with Crippen LogP contribution < -0.4 is 0 Å². The van der Waals surface area contributed by atoms with E-state index >= 15 is 0 Å². The minimum atomic E-state index is -0.994. The number of carboxylic acid groups (broad SMARTS) is 2. The quantitative estimate of drug-likeness (QED) is 0.817. The van der Waals surface area contributed by atoms with Crippen molar-refractivity contribution in [1.29, 1.82) is 0 Å². The fourth-order valence-corrected chi connectivity index (χ4v) is 2.83. The molecule has 0 unspecified atom stereocenters. The molecular weight excluding hydrogens is 332 g/mol. The highest BCUT2D eigenvalue weighted by atomic mass is 16.4. The Morgan fingerprint density at radius 3 is 1.65 bits per heavy atom. The normalized spacial score (nSPS) is 17.0. The van der Waals surface area contributed by atoms with Crippen LogP contribution in [-0.2, 0) is 4.79 Å². The Morgan fingerprint density at radius 1 is 0.731 bits per heavy atom. The summed E-state index contributed by atoms with van der Waals surface area (Å²) < 4.78 is 0. The van der Waals surface area contributed by atoms with Gasteiger partial charge in [-0.15, -0.1) is 0 Å². The number of aromatic carboxylic acids is 2. The van der Waals surface area contributed by atoms with Gasteiger partial charge in [-0.1, -0.05) is 30.3 Å². The highest BCUT2D eigenvalue weighted by Crippen LogP contribution is 2.31. The Kier molecular flexibility index (Phi) is 4.80. The summed E-state index contributed by atoms with van der Waals surface area (Å²) in [7, 11) is 0. The lowest BCUT2D eigenvalue weighted by molar-refractivity contribution is -0.114. The molecule has 0 saturated heterocycles. The summed E-state index contributed by atoms with van der Waals surface area (Å²) >= 11 is 0. The summed E-state index contributed by atoms with van der Waals surface area (Å²) in [5.41, 5.74) is 3.48. The number of Topliss-reactive ketones (excluding diaryl/α,β-unsaturated/α-hetero) is 1. The van der Waals surface area contributed by atoms with E-state index in [4.69, 9.17) is 10.2 Å². The molecule has 130 valence electrons. The number of hydrogen-bond donors (Lipinski definition) is 2. The van der Waals surface area contributed by atoms with Crippen molar-refractivity contribution < 1.29 is 24.6 Å². The van der Waals surface area contributed by atoms with E-state index in [1.54, 1.807) is 30.3 Å². The van der Waals surface area contributed by atoms with Crippen molar-refractivity contribution in [3.8, 4) is 0 Å². The fraction of sp³-hybridized carbons (Fsp3) is 0.0952. The number of benzene rings is 2. The molecule has 1 aliphatic rings. The monoisotopic (exact) mass is 348 g/mol. The highest BCUT2D eigenvalue weighted by Gasteiger charge is 2.22. The molecule has 0 aromatic heterocycles. The summed E-state index contributed by atoms with van der Waals surface area (Å²) in [5.74, 6) is -1.93. The van der Waals surface area contributed by atoms with Crippen molar-refractivity contribution in [1.82, 2.24) is 0 Å².